The number of aryl methyl sites for hydroxylation is 2. The van der Waals surface area contributed by atoms with Gasteiger partial charge in [-0.15, -0.1) is 10.2 Å². The maximum absolute atomic E-state index is 5.16. The molecule has 0 unspecified atom stereocenters. The third-order valence-corrected chi connectivity index (χ3v) is 3.98. The molecule has 0 fully saturated rings. The van der Waals surface area contributed by atoms with Crippen molar-refractivity contribution in [3.05, 3.63) is 46.5 Å². The van der Waals surface area contributed by atoms with Gasteiger partial charge in [-0.05, 0) is 30.5 Å². The third kappa shape index (κ3) is 3.46. The van der Waals surface area contributed by atoms with Crippen molar-refractivity contribution in [2.45, 2.75) is 32.1 Å². The van der Waals surface area contributed by atoms with Crippen molar-refractivity contribution >= 4 is 15.9 Å². The van der Waals surface area contributed by atoms with Gasteiger partial charge in [0, 0.05) is 20.1 Å². The van der Waals surface area contributed by atoms with Crippen LogP contribution in [0, 0.1) is 13.8 Å². The predicted octanol–water partition coefficient (Wildman–Crippen LogP) is 3.03. The lowest BCUT2D eigenvalue weighted by molar-refractivity contribution is 0.185. The standard InChI is InChI=1S/C15H20BrN3O/c1-11-4-5-13(8-12(11)2)9-14-17-18-15(10-16)19(14)6-7-20-3/h4-5,8H,6-7,9-10H2,1-3H3. The van der Waals surface area contributed by atoms with E-state index in [1.165, 1.54) is 16.7 Å². The number of alkyl halides is 1. The van der Waals surface area contributed by atoms with Crippen LogP contribution in [0.15, 0.2) is 18.2 Å². The fourth-order valence-electron chi connectivity index (χ4n) is 2.14. The van der Waals surface area contributed by atoms with Gasteiger partial charge in [-0.25, -0.2) is 0 Å². The van der Waals surface area contributed by atoms with E-state index in [2.05, 4.69) is 62.7 Å². The molecular formula is C15H20BrN3O. The third-order valence-electron chi connectivity index (χ3n) is 3.48. The Balaban J connectivity index is 2.23. The van der Waals surface area contributed by atoms with Gasteiger partial charge in [0.05, 0.1) is 11.9 Å². The summed E-state index contributed by atoms with van der Waals surface area (Å²) in [7, 11) is 1.71. The van der Waals surface area contributed by atoms with Crippen LogP contribution in [-0.2, 0) is 23.0 Å². The Hall–Kier alpha value is -1.20. The number of methoxy groups -OCH3 is 1. The van der Waals surface area contributed by atoms with E-state index in [1.54, 1.807) is 7.11 Å². The van der Waals surface area contributed by atoms with Crippen molar-refractivity contribution < 1.29 is 4.74 Å². The molecule has 0 aliphatic heterocycles. The van der Waals surface area contributed by atoms with E-state index >= 15 is 0 Å². The molecule has 0 saturated carbocycles. The van der Waals surface area contributed by atoms with Crippen LogP contribution in [0.3, 0.4) is 0 Å². The first kappa shape index (κ1) is 15.2. The van der Waals surface area contributed by atoms with Gasteiger partial charge in [0.25, 0.3) is 0 Å². The van der Waals surface area contributed by atoms with Gasteiger partial charge in [0.2, 0.25) is 0 Å². The number of hydrogen-bond acceptors (Lipinski definition) is 3. The van der Waals surface area contributed by atoms with E-state index in [-0.39, 0.29) is 0 Å². The summed E-state index contributed by atoms with van der Waals surface area (Å²) in [6.07, 6.45) is 0.796. The molecule has 1 aromatic heterocycles. The average molecular weight is 338 g/mol. The highest BCUT2D eigenvalue weighted by Crippen LogP contribution is 2.15. The zero-order chi connectivity index (χ0) is 14.5. The lowest BCUT2D eigenvalue weighted by Crippen LogP contribution is -2.11. The van der Waals surface area contributed by atoms with Crippen LogP contribution in [0.4, 0.5) is 0 Å². The van der Waals surface area contributed by atoms with Crippen molar-refractivity contribution in [1.29, 1.82) is 0 Å². The highest BCUT2D eigenvalue weighted by molar-refractivity contribution is 9.08. The predicted molar refractivity (Wildman–Crippen MR) is 83.3 cm³/mol. The monoisotopic (exact) mass is 337 g/mol. The first-order valence-corrected chi connectivity index (χ1v) is 7.80. The molecule has 0 aliphatic carbocycles. The molecule has 1 aromatic carbocycles. The second kappa shape index (κ2) is 6.99. The van der Waals surface area contributed by atoms with Gasteiger partial charge in [0.1, 0.15) is 11.6 Å². The van der Waals surface area contributed by atoms with Gasteiger partial charge < -0.3 is 9.30 Å². The van der Waals surface area contributed by atoms with Gasteiger partial charge in [-0.2, -0.15) is 0 Å². The highest BCUT2D eigenvalue weighted by Gasteiger charge is 2.11. The summed E-state index contributed by atoms with van der Waals surface area (Å²) in [4.78, 5) is 0. The Kier molecular flexibility index (Phi) is 5.31. The molecule has 0 radical (unpaired) electrons. The van der Waals surface area contributed by atoms with E-state index in [0.717, 1.165) is 24.6 Å². The van der Waals surface area contributed by atoms with Gasteiger partial charge in [-0.1, -0.05) is 34.1 Å². The molecule has 0 atom stereocenters. The molecule has 20 heavy (non-hydrogen) atoms. The molecule has 0 N–H and O–H groups in total. The topological polar surface area (TPSA) is 39.9 Å². The summed E-state index contributed by atoms with van der Waals surface area (Å²) in [6.45, 7) is 5.71. The van der Waals surface area contributed by atoms with Crippen molar-refractivity contribution in [2.24, 2.45) is 0 Å². The smallest absolute Gasteiger partial charge is 0.143 e. The number of aromatic nitrogens is 3. The Morgan fingerprint density at radius 2 is 1.90 bits per heavy atom. The second-order valence-corrected chi connectivity index (χ2v) is 5.47. The Morgan fingerprint density at radius 1 is 1.15 bits per heavy atom. The van der Waals surface area contributed by atoms with Crippen molar-refractivity contribution in [2.75, 3.05) is 13.7 Å². The minimum Gasteiger partial charge on any atom is -0.383 e. The number of nitrogens with zero attached hydrogens (tertiary/aromatic N) is 3. The van der Waals surface area contributed by atoms with E-state index in [0.29, 0.717) is 11.9 Å². The van der Waals surface area contributed by atoms with Crippen LogP contribution in [0.5, 0.6) is 0 Å². The minimum absolute atomic E-state index is 0.665. The lowest BCUT2D eigenvalue weighted by Gasteiger charge is -2.09. The molecule has 108 valence electrons. The zero-order valence-electron chi connectivity index (χ0n) is 12.2. The largest absolute Gasteiger partial charge is 0.383 e. The van der Waals surface area contributed by atoms with Crippen molar-refractivity contribution in [3.8, 4) is 0 Å². The Labute approximate surface area is 128 Å². The highest BCUT2D eigenvalue weighted by atomic mass is 79.9. The molecular weight excluding hydrogens is 318 g/mol. The number of halogens is 1. The zero-order valence-corrected chi connectivity index (χ0v) is 13.8. The summed E-state index contributed by atoms with van der Waals surface area (Å²) >= 11 is 3.46. The molecule has 5 heteroatoms. The van der Waals surface area contributed by atoms with Crippen LogP contribution < -0.4 is 0 Å². The normalized spacial score (nSPS) is 11.0. The second-order valence-electron chi connectivity index (χ2n) is 4.91. The molecule has 1 heterocycles. The van der Waals surface area contributed by atoms with Gasteiger partial charge in [-0.3, -0.25) is 0 Å². The number of benzene rings is 1. The van der Waals surface area contributed by atoms with Gasteiger partial charge >= 0.3 is 0 Å². The summed E-state index contributed by atoms with van der Waals surface area (Å²) in [6, 6.07) is 6.54. The molecule has 0 spiro atoms. The summed E-state index contributed by atoms with van der Waals surface area (Å²) in [5.41, 5.74) is 3.89. The molecule has 0 saturated heterocycles. The van der Waals surface area contributed by atoms with Crippen LogP contribution in [-0.4, -0.2) is 28.5 Å². The van der Waals surface area contributed by atoms with Crippen LogP contribution >= 0.6 is 15.9 Å². The molecule has 0 bridgehead atoms. The fraction of sp³-hybridized carbons (Fsp3) is 0.467. The Bertz CT molecular complexity index is 580. The molecule has 2 rings (SSSR count). The Morgan fingerprint density at radius 3 is 2.55 bits per heavy atom. The lowest BCUT2D eigenvalue weighted by atomic mass is 10.0. The van der Waals surface area contributed by atoms with Gasteiger partial charge in [0.15, 0.2) is 0 Å². The quantitative estimate of drug-likeness (QED) is 0.760. The number of ether oxygens (including phenoxy) is 1. The molecule has 2 aromatic rings. The van der Waals surface area contributed by atoms with Crippen molar-refractivity contribution in [3.63, 3.8) is 0 Å². The summed E-state index contributed by atoms with van der Waals surface area (Å²) in [5.74, 6) is 1.93. The first-order chi connectivity index (χ1) is 9.65. The van der Waals surface area contributed by atoms with Crippen LogP contribution in [0.2, 0.25) is 0 Å². The van der Waals surface area contributed by atoms with E-state index in [9.17, 15) is 0 Å². The van der Waals surface area contributed by atoms with Crippen LogP contribution in [0.1, 0.15) is 28.3 Å². The van der Waals surface area contributed by atoms with E-state index in [1.807, 2.05) is 0 Å². The maximum Gasteiger partial charge on any atom is 0.143 e. The summed E-state index contributed by atoms with van der Waals surface area (Å²) in [5, 5.41) is 9.25. The fourth-order valence-corrected chi connectivity index (χ4v) is 2.55. The number of hydrogen-bond donors (Lipinski definition) is 0. The summed E-state index contributed by atoms with van der Waals surface area (Å²) < 4.78 is 7.30. The number of rotatable bonds is 6. The molecule has 0 aliphatic rings. The van der Waals surface area contributed by atoms with Crippen molar-refractivity contribution in [1.82, 2.24) is 14.8 Å². The minimum atomic E-state index is 0.665. The first-order valence-electron chi connectivity index (χ1n) is 6.67. The SMILES string of the molecule is COCCn1c(CBr)nnc1Cc1ccc(C)c(C)c1. The van der Waals surface area contributed by atoms with Crippen LogP contribution in [0.25, 0.3) is 0 Å². The van der Waals surface area contributed by atoms with E-state index in [4.69, 9.17) is 4.74 Å². The van der Waals surface area contributed by atoms with E-state index < -0.39 is 0 Å². The average Bonchev–Trinajstić information content (AvgIpc) is 2.82. The maximum atomic E-state index is 5.16. The molecule has 0 amide bonds. The molecule has 4 nitrogen and oxygen atoms in total.